The number of esters is 1. The fourth-order valence-electron chi connectivity index (χ4n) is 2.27. The highest BCUT2D eigenvalue weighted by atomic mass is 16.5. The highest BCUT2D eigenvalue weighted by Gasteiger charge is 2.22. The first-order chi connectivity index (χ1) is 12.0. The van der Waals surface area contributed by atoms with Gasteiger partial charge in [-0.25, -0.2) is 4.79 Å². The van der Waals surface area contributed by atoms with Gasteiger partial charge < -0.3 is 4.74 Å². The molecular weight excluding hydrogens is 318 g/mol. The van der Waals surface area contributed by atoms with E-state index in [1.165, 1.54) is 11.0 Å². The molecule has 25 heavy (non-hydrogen) atoms. The number of aromatic nitrogens is 3. The summed E-state index contributed by atoms with van der Waals surface area (Å²) in [6, 6.07) is 16.3. The number of rotatable bonds is 5. The minimum Gasteiger partial charge on any atom is -0.449 e. The van der Waals surface area contributed by atoms with Gasteiger partial charge in [-0.15, -0.1) is 5.10 Å². The molecular formula is C19H17N3O3. The molecule has 0 aliphatic rings. The fourth-order valence-corrected chi connectivity index (χ4v) is 2.27. The minimum absolute atomic E-state index is 0.0485. The van der Waals surface area contributed by atoms with Gasteiger partial charge in [0.05, 0.1) is 11.9 Å². The Kier molecular flexibility index (Phi) is 4.70. The van der Waals surface area contributed by atoms with Crippen LogP contribution in [0.25, 0.3) is 5.69 Å². The van der Waals surface area contributed by atoms with E-state index in [-0.39, 0.29) is 11.5 Å². The van der Waals surface area contributed by atoms with Crippen LogP contribution in [0.15, 0.2) is 60.8 Å². The van der Waals surface area contributed by atoms with Gasteiger partial charge in [0.2, 0.25) is 5.78 Å². The van der Waals surface area contributed by atoms with Gasteiger partial charge in [-0.05, 0) is 26.0 Å². The maximum absolute atomic E-state index is 12.3. The number of benzene rings is 2. The molecule has 0 saturated heterocycles. The van der Waals surface area contributed by atoms with Gasteiger partial charge >= 0.3 is 5.97 Å². The second-order valence-corrected chi connectivity index (χ2v) is 5.63. The Morgan fingerprint density at radius 3 is 2.40 bits per heavy atom. The van der Waals surface area contributed by atoms with Crippen molar-refractivity contribution in [1.82, 2.24) is 15.0 Å². The van der Waals surface area contributed by atoms with E-state index in [0.717, 1.165) is 11.3 Å². The number of aryl methyl sites for hydroxylation is 1. The van der Waals surface area contributed by atoms with Crippen molar-refractivity contribution in [3.8, 4) is 5.69 Å². The van der Waals surface area contributed by atoms with Crippen LogP contribution in [0.4, 0.5) is 0 Å². The Balaban J connectivity index is 1.68. The Hall–Kier alpha value is -3.28. The molecule has 1 atom stereocenters. The first-order valence-corrected chi connectivity index (χ1v) is 7.84. The van der Waals surface area contributed by atoms with E-state index < -0.39 is 12.1 Å². The van der Waals surface area contributed by atoms with Crippen LogP contribution in [0, 0.1) is 6.92 Å². The number of hydrogen-bond acceptors (Lipinski definition) is 5. The largest absolute Gasteiger partial charge is 0.449 e. The van der Waals surface area contributed by atoms with Gasteiger partial charge in [-0.3, -0.25) is 4.79 Å². The van der Waals surface area contributed by atoms with Gasteiger partial charge in [0.1, 0.15) is 0 Å². The first kappa shape index (κ1) is 16.6. The molecule has 0 bridgehead atoms. The molecule has 1 aromatic heterocycles. The highest BCUT2D eigenvalue weighted by molar-refractivity contribution is 6.01. The molecule has 126 valence electrons. The van der Waals surface area contributed by atoms with E-state index >= 15 is 0 Å². The van der Waals surface area contributed by atoms with Crippen LogP contribution in [0.5, 0.6) is 0 Å². The van der Waals surface area contributed by atoms with Crippen molar-refractivity contribution in [2.45, 2.75) is 20.0 Å². The molecule has 0 N–H and O–H groups in total. The Labute approximate surface area is 145 Å². The van der Waals surface area contributed by atoms with Gasteiger partial charge in [-0.1, -0.05) is 48.0 Å². The number of hydrogen-bond donors (Lipinski definition) is 0. The smallest absolute Gasteiger partial charge is 0.361 e. The molecule has 3 rings (SSSR count). The molecule has 6 nitrogen and oxygen atoms in total. The Bertz CT molecular complexity index is 886. The summed E-state index contributed by atoms with van der Waals surface area (Å²) in [6.45, 7) is 3.48. The van der Waals surface area contributed by atoms with Gasteiger partial charge in [0, 0.05) is 5.56 Å². The van der Waals surface area contributed by atoms with Crippen LogP contribution < -0.4 is 0 Å². The second kappa shape index (κ2) is 7.09. The first-order valence-electron chi connectivity index (χ1n) is 7.84. The predicted octanol–water partition coefficient (Wildman–Crippen LogP) is 3.00. The van der Waals surface area contributed by atoms with E-state index in [9.17, 15) is 9.59 Å². The zero-order valence-corrected chi connectivity index (χ0v) is 13.9. The third-order valence-electron chi connectivity index (χ3n) is 3.68. The monoisotopic (exact) mass is 335 g/mol. The lowest BCUT2D eigenvalue weighted by atomic mass is 10.1. The topological polar surface area (TPSA) is 74.1 Å². The SMILES string of the molecule is Cc1ccc(C(=O)C(C)OC(=O)c2cnn(-c3ccccc3)n2)cc1. The van der Waals surface area contributed by atoms with Crippen LogP contribution in [-0.4, -0.2) is 32.9 Å². The summed E-state index contributed by atoms with van der Waals surface area (Å²) in [5, 5.41) is 8.14. The van der Waals surface area contributed by atoms with Crippen molar-refractivity contribution in [3.05, 3.63) is 77.6 Å². The lowest BCUT2D eigenvalue weighted by molar-refractivity contribution is 0.0312. The van der Waals surface area contributed by atoms with Crippen LogP contribution in [-0.2, 0) is 4.74 Å². The molecule has 0 saturated carbocycles. The lowest BCUT2D eigenvalue weighted by Gasteiger charge is -2.11. The zero-order valence-electron chi connectivity index (χ0n) is 13.9. The van der Waals surface area contributed by atoms with E-state index in [1.54, 1.807) is 19.1 Å². The van der Waals surface area contributed by atoms with Crippen molar-refractivity contribution in [2.24, 2.45) is 0 Å². The van der Waals surface area contributed by atoms with Crippen LogP contribution in [0.3, 0.4) is 0 Å². The average Bonchev–Trinajstić information content (AvgIpc) is 3.13. The molecule has 0 spiro atoms. The third kappa shape index (κ3) is 3.80. The molecule has 0 aliphatic carbocycles. The molecule has 3 aromatic rings. The summed E-state index contributed by atoms with van der Waals surface area (Å²) in [5.41, 5.74) is 2.33. The lowest BCUT2D eigenvalue weighted by Crippen LogP contribution is -2.24. The van der Waals surface area contributed by atoms with Gasteiger partial charge in [0.25, 0.3) is 0 Å². The van der Waals surface area contributed by atoms with Gasteiger partial charge in [-0.2, -0.15) is 9.90 Å². The molecule has 0 amide bonds. The zero-order chi connectivity index (χ0) is 17.8. The van der Waals surface area contributed by atoms with Crippen LogP contribution in [0.2, 0.25) is 0 Å². The number of carbonyl (C=O) groups is 2. The Morgan fingerprint density at radius 1 is 1.04 bits per heavy atom. The molecule has 0 aliphatic heterocycles. The van der Waals surface area contributed by atoms with Crippen LogP contribution >= 0.6 is 0 Å². The summed E-state index contributed by atoms with van der Waals surface area (Å²) in [4.78, 5) is 25.9. The van der Waals surface area contributed by atoms with E-state index in [1.807, 2.05) is 49.4 Å². The van der Waals surface area contributed by atoms with Crippen molar-refractivity contribution < 1.29 is 14.3 Å². The summed E-state index contributed by atoms with van der Waals surface area (Å²) < 4.78 is 5.23. The fraction of sp³-hybridized carbons (Fsp3) is 0.158. The highest BCUT2D eigenvalue weighted by Crippen LogP contribution is 2.11. The van der Waals surface area contributed by atoms with Crippen molar-refractivity contribution in [2.75, 3.05) is 0 Å². The van der Waals surface area contributed by atoms with Gasteiger partial charge in [0.15, 0.2) is 11.8 Å². The predicted molar refractivity (Wildman–Crippen MR) is 91.7 cm³/mol. The number of Topliss-reactive ketones (excluding diaryl/α,β-unsaturated/α-hetero) is 1. The molecule has 1 heterocycles. The van der Waals surface area contributed by atoms with Crippen LogP contribution in [0.1, 0.15) is 33.3 Å². The Morgan fingerprint density at radius 2 is 1.72 bits per heavy atom. The van der Waals surface area contributed by atoms with Crippen molar-refractivity contribution >= 4 is 11.8 Å². The maximum atomic E-state index is 12.3. The summed E-state index contributed by atoms with van der Waals surface area (Å²) in [5.74, 6) is -0.945. The average molecular weight is 335 g/mol. The summed E-state index contributed by atoms with van der Waals surface area (Å²) >= 11 is 0. The second-order valence-electron chi connectivity index (χ2n) is 5.63. The molecule has 6 heteroatoms. The van der Waals surface area contributed by atoms with E-state index in [2.05, 4.69) is 10.2 Å². The number of carbonyl (C=O) groups excluding carboxylic acids is 2. The molecule has 0 fully saturated rings. The number of para-hydroxylation sites is 1. The standard InChI is InChI=1S/C19H17N3O3/c1-13-8-10-15(11-9-13)18(23)14(2)25-19(24)17-12-20-22(21-17)16-6-4-3-5-7-16/h3-12,14H,1-2H3. The van der Waals surface area contributed by atoms with Crippen molar-refractivity contribution in [3.63, 3.8) is 0 Å². The third-order valence-corrected chi connectivity index (χ3v) is 3.68. The van der Waals surface area contributed by atoms with E-state index in [0.29, 0.717) is 5.56 Å². The molecule has 0 radical (unpaired) electrons. The molecule has 1 unspecified atom stereocenters. The molecule has 2 aromatic carbocycles. The van der Waals surface area contributed by atoms with E-state index in [4.69, 9.17) is 4.74 Å². The summed E-state index contributed by atoms with van der Waals surface area (Å²) in [7, 11) is 0. The summed E-state index contributed by atoms with van der Waals surface area (Å²) in [6.07, 6.45) is 0.412. The quantitative estimate of drug-likeness (QED) is 0.529. The number of ether oxygens (including phenoxy) is 1. The minimum atomic E-state index is -0.905. The number of nitrogens with zero attached hydrogens (tertiary/aromatic N) is 3. The van der Waals surface area contributed by atoms with Crippen molar-refractivity contribution in [1.29, 1.82) is 0 Å². The maximum Gasteiger partial charge on any atom is 0.361 e. The number of ketones is 1. The normalized spacial score (nSPS) is 11.8.